The maximum atomic E-state index is 14.3. The van der Waals surface area contributed by atoms with Crippen molar-refractivity contribution in [3.8, 4) is 11.1 Å². The number of hydrogen-bond acceptors (Lipinski definition) is 3. The van der Waals surface area contributed by atoms with E-state index in [9.17, 15) is 9.18 Å². The van der Waals surface area contributed by atoms with Crippen LogP contribution in [0.25, 0.3) is 11.1 Å². The summed E-state index contributed by atoms with van der Waals surface area (Å²) in [4.78, 5) is 12.1. The summed E-state index contributed by atoms with van der Waals surface area (Å²) < 4.78 is 19.3. The van der Waals surface area contributed by atoms with Crippen molar-refractivity contribution in [2.24, 2.45) is 0 Å². The minimum Gasteiger partial charge on any atom is -0.383 e. The Morgan fingerprint density at radius 2 is 1.69 bits per heavy atom. The van der Waals surface area contributed by atoms with Crippen molar-refractivity contribution >= 4 is 18.3 Å². The van der Waals surface area contributed by atoms with Gasteiger partial charge in [0.15, 0.2) is 0 Å². The lowest BCUT2D eigenvalue weighted by atomic mass is 9.99. The third-order valence-electron chi connectivity index (χ3n) is 4.12. The number of aryl methyl sites for hydroxylation is 2. The third kappa shape index (κ3) is 6.09. The molecule has 2 aromatic carbocycles. The molecule has 2 N–H and O–H groups in total. The fourth-order valence-corrected chi connectivity index (χ4v) is 2.46. The number of rotatable bonds is 8. The highest BCUT2D eigenvalue weighted by atomic mass is 35.5. The van der Waals surface area contributed by atoms with Crippen LogP contribution in [0, 0.1) is 19.7 Å². The molecule has 0 atom stereocenters. The number of carbonyl (C=O) groups excluding carboxylic acids is 1. The first-order valence-corrected chi connectivity index (χ1v) is 8.38. The van der Waals surface area contributed by atoms with Crippen LogP contribution in [0.15, 0.2) is 36.4 Å². The molecule has 0 radical (unpaired) electrons. The molecule has 0 aliphatic carbocycles. The van der Waals surface area contributed by atoms with Gasteiger partial charge >= 0.3 is 0 Å². The predicted octanol–water partition coefficient (Wildman–Crippen LogP) is 3.50. The fourth-order valence-electron chi connectivity index (χ4n) is 2.46. The molecule has 1 amide bonds. The van der Waals surface area contributed by atoms with Gasteiger partial charge in [0.25, 0.3) is 5.91 Å². The molecule has 0 unspecified atom stereocenters. The number of nitrogens with one attached hydrogen (secondary N) is 2. The van der Waals surface area contributed by atoms with E-state index in [0.717, 1.165) is 16.7 Å². The quantitative estimate of drug-likeness (QED) is 0.689. The van der Waals surface area contributed by atoms with E-state index in [1.807, 2.05) is 32.0 Å². The molecule has 142 valence electrons. The maximum absolute atomic E-state index is 14.3. The van der Waals surface area contributed by atoms with Gasteiger partial charge in [-0.15, -0.1) is 12.4 Å². The SMILES string of the molecule is COCCNCCNC(=O)c1ccc(-c2ccc(C)c(C)c2)cc1F.Cl. The Hall–Kier alpha value is -1.95. The Balaban J connectivity index is 0.00000338. The average molecular weight is 381 g/mol. The van der Waals surface area contributed by atoms with Crippen molar-refractivity contribution in [1.29, 1.82) is 0 Å². The number of carbonyl (C=O) groups is 1. The van der Waals surface area contributed by atoms with Gasteiger partial charge in [0.1, 0.15) is 5.82 Å². The van der Waals surface area contributed by atoms with Crippen LogP contribution in [0.3, 0.4) is 0 Å². The molecule has 0 saturated heterocycles. The minimum atomic E-state index is -0.513. The van der Waals surface area contributed by atoms with Gasteiger partial charge in [0, 0.05) is 26.7 Å². The summed E-state index contributed by atoms with van der Waals surface area (Å²) >= 11 is 0. The molecule has 0 fully saturated rings. The van der Waals surface area contributed by atoms with Crippen LogP contribution in [0.2, 0.25) is 0 Å². The monoisotopic (exact) mass is 380 g/mol. The smallest absolute Gasteiger partial charge is 0.254 e. The highest BCUT2D eigenvalue weighted by Gasteiger charge is 2.12. The average Bonchev–Trinajstić information content (AvgIpc) is 2.60. The molecule has 0 bridgehead atoms. The molecule has 6 heteroatoms. The zero-order valence-electron chi connectivity index (χ0n) is 15.4. The van der Waals surface area contributed by atoms with Gasteiger partial charge in [-0.1, -0.05) is 24.3 Å². The van der Waals surface area contributed by atoms with Crippen LogP contribution < -0.4 is 10.6 Å². The van der Waals surface area contributed by atoms with Crippen molar-refractivity contribution in [3.63, 3.8) is 0 Å². The molecule has 2 aromatic rings. The van der Waals surface area contributed by atoms with E-state index in [0.29, 0.717) is 26.2 Å². The molecule has 0 aliphatic rings. The van der Waals surface area contributed by atoms with Gasteiger partial charge < -0.3 is 15.4 Å². The summed E-state index contributed by atoms with van der Waals surface area (Å²) in [6, 6.07) is 10.7. The van der Waals surface area contributed by atoms with Crippen molar-refractivity contribution in [1.82, 2.24) is 10.6 Å². The van der Waals surface area contributed by atoms with Gasteiger partial charge in [0.05, 0.1) is 12.2 Å². The van der Waals surface area contributed by atoms with Gasteiger partial charge in [-0.3, -0.25) is 4.79 Å². The first kappa shape index (κ1) is 22.1. The Bertz CT molecular complexity index is 738. The van der Waals surface area contributed by atoms with E-state index in [1.54, 1.807) is 13.2 Å². The molecular weight excluding hydrogens is 355 g/mol. The van der Waals surface area contributed by atoms with E-state index in [1.165, 1.54) is 17.7 Å². The Morgan fingerprint density at radius 1 is 1.00 bits per heavy atom. The third-order valence-corrected chi connectivity index (χ3v) is 4.12. The topological polar surface area (TPSA) is 50.4 Å². The number of hydrogen-bond donors (Lipinski definition) is 2. The summed E-state index contributed by atoms with van der Waals surface area (Å²) in [5, 5.41) is 5.82. The molecular formula is C20H26ClFN2O2. The summed E-state index contributed by atoms with van der Waals surface area (Å²) in [6.45, 7) is 6.43. The molecule has 0 aromatic heterocycles. The Kier molecular flexibility index (Phi) is 9.27. The predicted molar refractivity (Wildman–Crippen MR) is 106 cm³/mol. The van der Waals surface area contributed by atoms with Gasteiger partial charge in [-0.2, -0.15) is 0 Å². The van der Waals surface area contributed by atoms with Crippen LogP contribution in [-0.2, 0) is 4.74 Å². The van der Waals surface area contributed by atoms with Crippen molar-refractivity contribution in [2.45, 2.75) is 13.8 Å². The second-order valence-corrected chi connectivity index (χ2v) is 5.99. The lowest BCUT2D eigenvalue weighted by Gasteiger charge is -2.10. The molecule has 0 aliphatic heterocycles. The zero-order chi connectivity index (χ0) is 18.2. The molecule has 4 nitrogen and oxygen atoms in total. The van der Waals surface area contributed by atoms with Gasteiger partial charge in [-0.05, 0) is 48.2 Å². The number of methoxy groups -OCH3 is 1. The van der Waals surface area contributed by atoms with E-state index in [4.69, 9.17) is 4.74 Å². The van der Waals surface area contributed by atoms with Crippen molar-refractivity contribution in [2.75, 3.05) is 33.4 Å². The minimum absolute atomic E-state index is 0. The molecule has 0 spiro atoms. The molecule has 0 saturated carbocycles. The normalized spacial score (nSPS) is 10.3. The van der Waals surface area contributed by atoms with E-state index in [-0.39, 0.29) is 18.0 Å². The van der Waals surface area contributed by atoms with Gasteiger partial charge in [-0.25, -0.2) is 4.39 Å². The largest absolute Gasteiger partial charge is 0.383 e. The second-order valence-electron chi connectivity index (χ2n) is 5.99. The molecule has 0 heterocycles. The second kappa shape index (κ2) is 10.9. The first-order chi connectivity index (χ1) is 12.0. The number of amides is 1. The fraction of sp³-hybridized carbons (Fsp3) is 0.350. The number of halogens is 2. The Morgan fingerprint density at radius 3 is 2.35 bits per heavy atom. The van der Waals surface area contributed by atoms with Crippen LogP contribution in [0.4, 0.5) is 4.39 Å². The first-order valence-electron chi connectivity index (χ1n) is 8.38. The Labute approximate surface area is 160 Å². The molecule has 2 rings (SSSR count). The number of ether oxygens (including phenoxy) is 1. The lowest BCUT2D eigenvalue weighted by Crippen LogP contribution is -2.33. The summed E-state index contributed by atoms with van der Waals surface area (Å²) in [6.07, 6.45) is 0. The zero-order valence-corrected chi connectivity index (χ0v) is 16.2. The van der Waals surface area contributed by atoms with Crippen LogP contribution >= 0.6 is 12.4 Å². The van der Waals surface area contributed by atoms with Crippen LogP contribution in [0.5, 0.6) is 0 Å². The van der Waals surface area contributed by atoms with E-state index in [2.05, 4.69) is 10.6 Å². The van der Waals surface area contributed by atoms with Crippen LogP contribution in [-0.4, -0.2) is 39.3 Å². The van der Waals surface area contributed by atoms with Crippen molar-refractivity contribution in [3.05, 3.63) is 58.9 Å². The van der Waals surface area contributed by atoms with Crippen LogP contribution in [0.1, 0.15) is 21.5 Å². The summed E-state index contributed by atoms with van der Waals surface area (Å²) in [5.74, 6) is -0.918. The highest BCUT2D eigenvalue weighted by molar-refractivity contribution is 5.95. The van der Waals surface area contributed by atoms with Gasteiger partial charge in [0.2, 0.25) is 0 Å². The standard InChI is InChI=1S/C20H25FN2O2.ClH/c1-14-4-5-16(12-15(14)2)17-6-7-18(19(21)13-17)20(24)23-9-8-22-10-11-25-3;/h4-7,12-13,22H,8-11H2,1-3H3,(H,23,24);1H. The summed E-state index contributed by atoms with van der Waals surface area (Å²) in [5.41, 5.74) is 4.11. The van der Waals surface area contributed by atoms with E-state index < -0.39 is 11.7 Å². The number of benzene rings is 2. The maximum Gasteiger partial charge on any atom is 0.254 e. The molecule has 26 heavy (non-hydrogen) atoms. The van der Waals surface area contributed by atoms with Crippen molar-refractivity contribution < 1.29 is 13.9 Å². The highest BCUT2D eigenvalue weighted by Crippen LogP contribution is 2.24. The lowest BCUT2D eigenvalue weighted by molar-refractivity contribution is 0.0949. The van der Waals surface area contributed by atoms with E-state index >= 15 is 0 Å². The summed E-state index contributed by atoms with van der Waals surface area (Å²) in [7, 11) is 1.63.